The number of hydrogen-bond donors (Lipinski definition) is 1. The summed E-state index contributed by atoms with van der Waals surface area (Å²) in [6.07, 6.45) is 3.37. The van der Waals surface area contributed by atoms with Crippen molar-refractivity contribution < 1.29 is 9.53 Å². The SMILES string of the molecule is COc1ccc(NC(=O)N2[C@H](C)CCC[C@@H]2C)cc1. The molecule has 4 heteroatoms. The third-order valence-corrected chi connectivity index (χ3v) is 3.77. The third kappa shape index (κ3) is 3.19. The first-order valence-electron chi connectivity index (χ1n) is 6.85. The van der Waals surface area contributed by atoms with Gasteiger partial charge in [-0.1, -0.05) is 0 Å². The van der Waals surface area contributed by atoms with Crippen LogP contribution < -0.4 is 10.1 Å². The zero-order valence-corrected chi connectivity index (χ0v) is 11.8. The van der Waals surface area contributed by atoms with Crippen molar-refractivity contribution in [3.63, 3.8) is 0 Å². The summed E-state index contributed by atoms with van der Waals surface area (Å²) in [7, 11) is 1.63. The molecular weight excluding hydrogens is 240 g/mol. The van der Waals surface area contributed by atoms with Crippen molar-refractivity contribution in [3.05, 3.63) is 24.3 Å². The van der Waals surface area contributed by atoms with Crippen LogP contribution in [0.25, 0.3) is 0 Å². The van der Waals surface area contributed by atoms with E-state index in [1.165, 1.54) is 6.42 Å². The Morgan fingerprint density at radius 1 is 1.21 bits per heavy atom. The van der Waals surface area contributed by atoms with E-state index in [1.807, 2.05) is 29.2 Å². The van der Waals surface area contributed by atoms with Crippen molar-refractivity contribution in [3.8, 4) is 5.75 Å². The van der Waals surface area contributed by atoms with E-state index in [0.717, 1.165) is 24.3 Å². The molecule has 1 aliphatic heterocycles. The molecule has 0 saturated carbocycles. The highest BCUT2D eigenvalue weighted by molar-refractivity contribution is 5.89. The second-order valence-electron chi connectivity index (χ2n) is 5.19. The Bertz CT molecular complexity index is 420. The van der Waals surface area contributed by atoms with Gasteiger partial charge in [0.2, 0.25) is 0 Å². The molecule has 19 heavy (non-hydrogen) atoms. The molecule has 2 atom stereocenters. The van der Waals surface area contributed by atoms with Gasteiger partial charge in [0.1, 0.15) is 5.75 Å². The van der Waals surface area contributed by atoms with Crippen molar-refractivity contribution in [2.45, 2.75) is 45.2 Å². The summed E-state index contributed by atoms with van der Waals surface area (Å²) >= 11 is 0. The number of carbonyl (C=O) groups excluding carboxylic acids is 1. The first-order valence-corrected chi connectivity index (χ1v) is 6.85. The number of methoxy groups -OCH3 is 1. The molecule has 0 bridgehead atoms. The zero-order valence-electron chi connectivity index (χ0n) is 11.8. The van der Waals surface area contributed by atoms with E-state index in [-0.39, 0.29) is 6.03 Å². The van der Waals surface area contributed by atoms with Gasteiger partial charge in [-0.05, 0) is 57.4 Å². The van der Waals surface area contributed by atoms with Crippen molar-refractivity contribution in [2.24, 2.45) is 0 Å². The van der Waals surface area contributed by atoms with Crippen LogP contribution in [0.15, 0.2) is 24.3 Å². The van der Waals surface area contributed by atoms with Crippen LogP contribution in [-0.2, 0) is 0 Å². The average molecular weight is 262 g/mol. The smallest absolute Gasteiger partial charge is 0.322 e. The Morgan fingerprint density at radius 2 is 1.79 bits per heavy atom. The molecule has 0 aliphatic carbocycles. The number of nitrogens with zero attached hydrogens (tertiary/aromatic N) is 1. The minimum Gasteiger partial charge on any atom is -0.497 e. The van der Waals surface area contributed by atoms with Gasteiger partial charge in [0, 0.05) is 17.8 Å². The molecule has 0 aromatic heterocycles. The molecular formula is C15H22N2O2. The van der Waals surface area contributed by atoms with E-state index in [2.05, 4.69) is 19.2 Å². The molecule has 2 rings (SSSR count). The predicted octanol–water partition coefficient (Wildman–Crippen LogP) is 3.49. The molecule has 4 nitrogen and oxygen atoms in total. The summed E-state index contributed by atoms with van der Waals surface area (Å²) in [5.41, 5.74) is 0.802. The maximum absolute atomic E-state index is 12.3. The van der Waals surface area contributed by atoms with Gasteiger partial charge < -0.3 is 15.0 Å². The second kappa shape index (κ2) is 5.95. The minimum absolute atomic E-state index is 0.00938. The van der Waals surface area contributed by atoms with E-state index in [4.69, 9.17) is 4.74 Å². The number of urea groups is 1. The van der Waals surface area contributed by atoms with Gasteiger partial charge in [0.25, 0.3) is 0 Å². The van der Waals surface area contributed by atoms with Gasteiger partial charge >= 0.3 is 6.03 Å². The van der Waals surface area contributed by atoms with Gasteiger partial charge in [-0.3, -0.25) is 0 Å². The van der Waals surface area contributed by atoms with E-state index >= 15 is 0 Å². The van der Waals surface area contributed by atoms with Gasteiger partial charge in [0.05, 0.1) is 7.11 Å². The fraction of sp³-hybridized carbons (Fsp3) is 0.533. The molecule has 0 unspecified atom stereocenters. The number of rotatable bonds is 2. The van der Waals surface area contributed by atoms with Crippen molar-refractivity contribution in [1.29, 1.82) is 0 Å². The van der Waals surface area contributed by atoms with Gasteiger partial charge in [-0.25, -0.2) is 4.79 Å². The number of benzene rings is 1. The number of nitrogens with one attached hydrogen (secondary N) is 1. The van der Waals surface area contributed by atoms with Crippen LogP contribution in [0.5, 0.6) is 5.75 Å². The van der Waals surface area contributed by atoms with Gasteiger partial charge in [-0.15, -0.1) is 0 Å². The number of amides is 2. The quantitative estimate of drug-likeness (QED) is 0.886. The molecule has 1 aromatic carbocycles. The monoisotopic (exact) mass is 262 g/mol. The highest BCUT2D eigenvalue weighted by Gasteiger charge is 2.28. The van der Waals surface area contributed by atoms with Crippen molar-refractivity contribution >= 4 is 11.7 Å². The number of likely N-dealkylation sites (tertiary alicyclic amines) is 1. The summed E-state index contributed by atoms with van der Waals surface area (Å²) in [5, 5.41) is 2.96. The van der Waals surface area contributed by atoms with Gasteiger partial charge in [0.15, 0.2) is 0 Å². The highest BCUT2D eigenvalue weighted by atomic mass is 16.5. The first-order chi connectivity index (χ1) is 9.11. The minimum atomic E-state index is -0.00938. The van der Waals surface area contributed by atoms with Crippen LogP contribution in [0, 0.1) is 0 Å². The molecule has 1 aliphatic rings. The number of anilines is 1. The van der Waals surface area contributed by atoms with Crippen LogP contribution in [0.2, 0.25) is 0 Å². The summed E-state index contributed by atoms with van der Waals surface area (Å²) in [6.45, 7) is 4.23. The largest absolute Gasteiger partial charge is 0.497 e. The molecule has 1 aromatic rings. The fourth-order valence-electron chi connectivity index (χ4n) is 2.68. The van der Waals surface area contributed by atoms with E-state index in [9.17, 15) is 4.79 Å². The highest BCUT2D eigenvalue weighted by Crippen LogP contribution is 2.24. The Morgan fingerprint density at radius 3 is 2.32 bits per heavy atom. The maximum Gasteiger partial charge on any atom is 0.322 e. The van der Waals surface area contributed by atoms with Crippen molar-refractivity contribution in [1.82, 2.24) is 4.90 Å². The van der Waals surface area contributed by atoms with Crippen LogP contribution in [0.1, 0.15) is 33.1 Å². The zero-order chi connectivity index (χ0) is 13.8. The molecule has 104 valence electrons. The molecule has 1 fully saturated rings. The first kappa shape index (κ1) is 13.7. The lowest BCUT2D eigenvalue weighted by Gasteiger charge is -2.38. The average Bonchev–Trinajstić information content (AvgIpc) is 2.39. The van der Waals surface area contributed by atoms with Crippen LogP contribution in [0.4, 0.5) is 10.5 Å². The normalized spacial score (nSPS) is 23.0. The molecule has 0 radical (unpaired) electrons. The third-order valence-electron chi connectivity index (χ3n) is 3.77. The van der Waals surface area contributed by atoms with E-state index in [1.54, 1.807) is 7.11 Å². The topological polar surface area (TPSA) is 41.6 Å². The summed E-state index contributed by atoms with van der Waals surface area (Å²) in [6, 6.07) is 8.01. The van der Waals surface area contributed by atoms with E-state index in [0.29, 0.717) is 12.1 Å². The lowest BCUT2D eigenvalue weighted by Crippen LogP contribution is -2.49. The Balaban J connectivity index is 2.02. The molecule has 2 amide bonds. The molecule has 1 N–H and O–H groups in total. The lowest BCUT2D eigenvalue weighted by molar-refractivity contribution is 0.133. The summed E-state index contributed by atoms with van der Waals surface area (Å²) in [4.78, 5) is 14.3. The summed E-state index contributed by atoms with van der Waals surface area (Å²) in [5.74, 6) is 0.790. The molecule has 1 saturated heterocycles. The lowest BCUT2D eigenvalue weighted by atomic mass is 9.98. The number of carbonyl (C=O) groups is 1. The Kier molecular flexibility index (Phi) is 4.30. The second-order valence-corrected chi connectivity index (χ2v) is 5.19. The van der Waals surface area contributed by atoms with E-state index < -0.39 is 0 Å². The number of piperidine rings is 1. The number of hydrogen-bond acceptors (Lipinski definition) is 2. The van der Waals surface area contributed by atoms with Gasteiger partial charge in [-0.2, -0.15) is 0 Å². The van der Waals surface area contributed by atoms with Crippen molar-refractivity contribution in [2.75, 3.05) is 12.4 Å². The Labute approximate surface area is 114 Å². The number of ether oxygens (including phenoxy) is 1. The maximum atomic E-state index is 12.3. The van der Waals surface area contributed by atoms with Crippen LogP contribution >= 0.6 is 0 Å². The Hall–Kier alpha value is -1.71. The summed E-state index contributed by atoms with van der Waals surface area (Å²) < 4.78 is 5.10. The standard InChI is InChI=1S/C15H22N2O2/c1-11-5-4-6-12(2)17(11)15(18)16-13-7-9-14(19-3)10-8-13/h7-12H,4-6H2,1-3H3,(H,16,18)/t11-,12+. The molecule has 0 spiro atoms. The molecule has 1 heterocycles. The predicted molar refractivity (Wildman–Crippen MR) is 76.6 cm³/mol. The van der Waals surface area contributed by atoms with Crippen LogP contribution in [0.3, 0.4) is 0 Å². The van der Waals surface area contributed by atoms with Crippen LogP contribution in [-0.4, -0.2) is 30.1 Å². The fourth-order valence-corrected chi connectivity index (χ4v) is 2.68.